The van der Waals surface area contributed by atoms with Crippen molar-refractivity contribution in [3.63, 3.8) is 0 Å². The lowest BCUT2D eigenvalue weighted by Crippen LogP contribution is -2.50. The summed E-state index contributed by atoms with van der Waals surface area (Å²) >= 11 is 0. The number of rotatable bonds is 5. The first-order chi connectivity index (χ1) is 34.6. The first kappa shape index (κ1) is 57.2. The third-order valence-corrected chi connectivity index (χ3v) is 11.0. The Morgan fingerprint density at radius 2 is 0.932 bits per heavy atom. The number of carbonyl (C=O) groups is 3. The molecule has 1 aromatic heterocycles. The second kappa shape index (κ2) is 23.9. The fourth-order valence-electron chi connectivity index (χ4n) is 7.51. The SMILES string of the molecule is CC(C)(C)OC(=O)N1CCN(c2cc3onc(N)c3cc2F)CC1.[C-]#[N+]c1cc(F)c(N2CCN(C(=O)OC(C)(C)C)CC2)cc1F.[C-]#[N+]c1cc(F)c(N2CCN(C(=O)OC(C)(C)C)CC2)cc1ON=C(C)C. The van der Waals surface area contributed by atoms with Gasteiger partial charge in [-0.3, -0.25) is 0 Å². The fraction of sp³-hybridized carbons (Fsp3) is 0.510. The predicted molar refractivity (Wildman–Crippen MR) is 273 cm³/mol. The largest absolute Gasteiger partial charge is 0.444 e. The molecule has 3 amide bonds. The topological polar surface area (TPSA) is 181 Å². The normalized spacial score (nSPS) is 15.1. The van der Waals surface area contributed by atoms with Crippen molar-refractivity contribution >= 4 is 69.2 Å². The van der Waals surface area contributed by atoms with E-state index in [1.807, 2.05) is 51.3 Å². The van der Waals surface area contributed by atoms with E-state index in [1.165, 1.54) is 12.1 Å². The second-order valence-corrected chi connectivity index (χ2v) is 20.6. The molecule has 0 bridgehead atoms. The van der Waals surface area contributed by atoms with Gasteiger partial charge in [0.1, 0.15) is 40.1 Å². The number of carbonyl (C=O) groups excluding carboxylic acids is 3. The first-order valence-electron chi connectivity index (χ1n) is 23.8. The molecule has 19 nitrogen and oxygen atoms in total. The van der Waals surface area contributed by atoms with Crippen LogP contribution in [0.4, 0.5) is 66.2 Å². The van der Waals surface area contributed by atoms with Crippen molar-refractivity contribution in [1.29, 1.82) is 0 Å². The number of halogens is 4. The molecule has 3 saturated heterocycles. The van der Waals surface area contributed by atoms with Gasteiger partial charge in [-0.05, 0) is 106 Å². The van der Waals surface area contributed by atoms with E-state index in [9.17, 15) is 31.9 Å². The number of nitrogens with zero attached hydrogens (tertiary/aromatic N) is 10. The number of anilines is 4. The monoisotopic (exact) mass is 1040 g/mol. The molecular weight excluding hydrogens is 971 g/mol. The smallest absolute Gasteiger partial charge is 0.410 e. The van der Waals surface area contributed by atoms with Gasteiger partial charge in [0, 0.05) is 84.6 Å². The molecule has 74 heavy (non-hydrogen) atoms. The lowest BCUT2D eigenvalue weighted by molar-refractivity contribution is 0.0230. The third kappa shape index (κ3) is 15.9. The minimum atomic E-state index is -0.744. The molecule has 3 fully saturated rings. The Bertz CT molecular complexity index is 2760. The van der Waals surface area contributed by atoms with Crippen LogP contribution >= 0.6 is 0 Å². The Balaban J connectivity index is 0.000000206. The quantitative estimate of drug-likeness (QED) is 0.0656. The van der Waals surface area contributed by atoms with Gasteiger partial charge in [-0.2, -0.15) is 0 Å². The molecule has 0 saturated carbocycles. The molecule has 3 aliphatic heterocycles. The second-order valence-electron chi connectivity index (χ2n) is 20.6. The van der Waals surface area contributed by atoms with Gasteiger partial charge in [0.2, 0.25) is 11.4 Å². The van der Waals surface area contributed by atoms with Gasteiger partial charge in [0.05, 0.1) is 41.3 Å². The van der Waals surface area contributed by atoms with E-state index in [2.05, 4.69) is 20.0 Å². The predicted octanol–water partition coefficient (Wildman–Crippen LogP) is 10.4. The highest BCUT2D eigenvalue weighted by molar-refractivity contribution is 5.89. The molecule has 0 unspecified atom stereocenters. The van der Waals surface area contributed by atoms with E-state index in [1.54, 1.807) is 60.3 Å². The summed E-state index contributed by atoms with van der Waals surface area (Å²) in [6, 6.07) is 7.49. The third-order valence-electron chi connectivity index (χ3n) is 11.0. The molecule has 400 valence electrons. The van der Waals surface area contributed by atoms with Crippen LogP contribution in [-0.4, -0.2) is 139 Å². The zero-order valence-electron chi connectivity index (χ0n) is 43.8. The van der Waals surface area contributed by atoms with Crippen molar-refractivity contribution in [3.05, 3.63) is 82.5 Å². The van der Waals surface area contributed by atoms with Crippen LogP contribution < -0.4 is 25.3 Å². The maximum Gasteiger partial charge on any atom is 0.410 e. The summed E-state index contributed by atoms with van der Waals surface area (Å²) in [7, 11) is 0. The van der Waals surface area contributed by atoms with Crippen molar-refractivity contribution < 1.29 is 55.5 Å². The van der Waals surface area contributed by atoms with Crippen LogP contribution in [0.15, 0.2) is 46.1 Å². The number of piperazine rings is 3. The summed E-state index contributed by atoms with van der Waals surface area (Å²) in [5, 5.41) is 7.95. The number of benzene rings is 3. The average Bonchev–Trinajstić information content (AvgIpc) is 3.68. The molecule has 0 radical (unpaired) electrons. The molecule has 3 aliphatic rings. The Morgan fingerprint density at radius 3 is 1.31 bits per heavy atom. The lowest BCUT2D eigenvalue weighted by Gasteiger charge is -2.37. The molecule has 7 rings (SSSR count). The molecule has 3 aromatic carbocycles. The number of hydrogen-bond donors (Lipinski definition) is 1. The van der Waals surface area contributed by atoms with Crippen LogP contribution in [-0.2, 0) is 14.2 Å². The number of aromatic nitrogens is 1. The van der Waals surface area contributed by atoms with Crippen molar-refractivity contribution in [3.8, 4) is 5.75 Å². The minimum absolute atomic E-state index is 0.0636. The van der Waals surface area contributed by atoms with Gasteiger partial charge in [-0.1, -0.05) is 10.3 Å². The molecule has 0 atom stereocenters. The van der Waals surface area contributed by atoms with Crippen molar-refractivity contribution in [2.24, 2.45) is 5.16 Å². The Labute approximate surface area is 428 Å². The first-order valence-corrected chi connectivity index (χ1v) is 23.8. The molecule has 2 N–H and O–H groups in total. The van der Waals surface area contributed by atoms with Crippen LogP contribution in [0.25, 0.3) is 20.7 Å². The van der Waals surface area contributed by atoms with Crippen LogP contribution in [0.5, 0.6) is 5.75 Å². The number of fused-ring (bicyclic) bond motifs is 1. The van der Waals surface area contributed by atoms with Crippen LogP contribution in [0, 0.1) is 36.4 Å². The van der Waals surface area contributed by atoms with E-state index in [-0.39, 0.29) is 46.6 Å². The van der Waals surface area contributed by atoms with Crippen molar-refractivity contribution in [1.82, 2.24) is 19.9 Å². The summed E-state index contributed by atoms with van der Waals surface area (Å²) in [4.78, 5) is 57.9. The number of nitrogens with two attached hydrogens (primary N) is 1. The minimum Gasteiger partial charge on any atom is -0.444 e. The molecular formula is C51H65F4N11O8. The fourth-order valence-corrected chi connectivity index (χ4v) is 7.51. The van der Waals surface area contributed by atoms with Crippen molar-refractivity contribution in [2.45, 2.75) is 93.0 Å². The van der Waals surface area contributed by atoms with Gasteiger partial charge in [-0.15, -0.1) is 0 Å². The summed E-state index contributed by atoms with van der Waals surface area (Å²) in [6.07, 6.45) is -1.13. The number of nitrogen functional groups attached to an aromatic ring is 1. The van der Waals surface area contributed by atoms with Crippen molar-refractivity contribution in [2.75, 3.05) is 99.0 Å². The summed E-state index contributed by atoms with van der Waals surface area (Å²) in [6.45, 7) is 38.9. The van der Waals surface area contributed by atoms with Gasteiger partial charge in [0.25, 0.3) is 0 Å². The van der Waals surface area contributed by atoms with Gasteiger partial charge in [0.15, 0.2) is 17.2 Å². The molecule has 0 spiro atoms. The standard InChI is InChI=1S/C19H25FN4O3.C16H19F2N3O2.C16H21FN4O3/c1-13(2)22-27-17-12-16(14(20)11-15(17)21-6)23-7-9-24(10-8-23)18(25)26-19(3,4)5;1-16(2,3)23-15(22)21-7-5-20(6-8-21)14-10-11(17)13(19-4)9-12(14)18;1-16(2,3)23-15(22)21-6-4-20(5-7-21)12-9-13-10(8-11(12)17)14(18)19-24-13/h11-12H,7-10H2,1-5H3;9-10H,5-8H2,1-3H3;8-9H,4-7H2,1-3H3,(H2,18,19). The summed E-state index contributed by atoms with van der Waals surface area (Å²) in [5.74, 6) is -1.89. The van der Waals surface area contributed by atoms with E-state index >= 15 is 0 Å². The molecule has 4 aromatic rings. The van der Waals surface area contributed by atoms with E-state index < -0.39 is 40.3 Å². The summed E-state index contributed by atoms with van der Waals surface area (Å²) < 4.78 is 77.7. The van der Waals surface area contributed by atoms with E-state index in [4.69, 9.17) is 42.4 Å². The van der Waals surface area contributed by atoms with E-state index in [0.717, 1.165) is 18.2 Å². The highest BCUT2D eigenvalue weighted by atomic mass is 19.1. The van der Waals surface area contributed by atoms with Gasteiger partial charge < -0.3 is 58.7 Å². The molecule has 23 heteroatoms. The van der Waals surface area contributed by atoms with E-state index in [0.29, 0.717) is 107 Å². The van der Waals surface area contributed by atoms with Crippen LogP contribution in [0.3, 0.4) is 0 Å². The lowest BCUT2D eigenvalue weighted by atomic mass is 10.2. The number of oxime groups is 1. The zero-order valence-corrected chi connectivity index (χ0v) is 43.8. The Kier molecular flexibility index (Phi) is 18.5. The maximum atomic E-state index is 14.5. The van der Waals surface area contributed by atoms with Gasteiger partial charge >= 0.3 is 18.3 Å². The number of hydrogen-bond acceptors (Lipinski definition) is 14. The molecule has 4 heterocycles. The highest BCUT2D eigenvalue weighted by Gasteiger charge is 2.31. The Hall–Kier alpha value is -7.69. The van der Waals surface area contributed by atoms with Crippen LogP contribution in [0.2, 0.25) is 0 Å². The average molecular weight is 1040 g/mol. The number of amides is 3. The summed E-state index contributed by atoms with van der Waals surface area (Å²) in [5.41, 5.74) is 5.68. The maximum absolute atomic E-state index is 14.5. The molecule has 0 aliphatic carbocycles. The van der Waals surface area contributed by atoms with Gasteiger partial charge in [-0.25, -0.2) is 41.6 Å². The van der Waals surface area contributed by atoms with Crippen LogP contribution in [0.1, 0.15) is 76.2 Å². The highest BCUT2D eigenvalue weighted by Crippen LogP contribution is 2.36. The Morgan fingerprint density at radius 1 is 0.568 bits per heavy atom. The zero-order chi connectivity index (χ0) is 54.9. The number of ether oxygens (including phenoxy) is 3.